The van der Waals surface area contributed by atoms with Gasteiger partial charge in [0, 0.05) is 11.8 Å². The van der Waals surface area contributed by atoms with Gasteiger partial charge >= 0.3 is 6.18 Å². The van der Waals surface area contributed by atoms with Crippen molar-refractivity contribution in [2.75, 3.05) is 5.73 Å². The van der Waals surface area contributed by atoms with E-state index in [9.17, 15) is 13.2 Å². The van der Waals surface area contributed by atoms with Gasteiger partial charge in [0.1, 0.15) is 5.82 Å². The first kappa shape index (κ1) is 12.4. The van der Waals surface area contributed by atoms with Gasteiger partial charge in [0.2, 0.25) is 0 Å². The number of aromatic nitrogens is 3. The van der Waals surface area contributed by atoms with Crippen LogP contribution in [0.1, 0.15) is 18.2 Å². The molecule has 2 N–H and O–H groups in total. The molecule has 2 aromatic rings. The van der Waals surface area contributed by atoms with Crippen LogP contribution < -0.4 is 5.73 Å². The third-order valence-corrected chi connectivity index (χ3v) is 2.51. The Kier molecular flexibility index (Phi) is 2.98. The van der Waals surface area contributed by atoms with Gasteiger partial charge in [0.05, 0.1) is 0 Å². The highest BCUT2D eigenvalue weighted by Crippen LogP contribution is 2.34. The number of nitrogens with zero attached hydrogens (tertiary/aromatic N) is 3. The lowest BCUT2D eigenvalue weighted by molar-refractivity contribution is -0.141. The zero-order chi connectivity index (χ0) is 13.3. The molecule has 0 aromatic carbocycles. The number of pyridine rings is 1. The van der Waals surface area contributed by atoms with Gasteiger partial charge in [-0.15, -0.1) is 0 Å². The van der Waals surface area contributed by atoms with Crippen LogP contribution in [0.25, 0.3) is 5.82 Å². The molecule has 96 valence electrons. The average Bonchev–Trinajstić information content (AvgIpc) is 2.67. The SMILES string of the molecule is CCc1c(C(F)(F)F)nn(-c2ccccn2)c1N. The number of nitrogen functional groups attached to an aromatic ring is 1. The number of rotatable bonds is 2. The van der Waals surface area contributed by atoms with Gasteiger partial charge in [-0.25, -0.2) is 4.98 Å². The summed E-state index contributed by atoms with van der Waals surface area (Å²) < 4.78 is 39.4. The van der Waals surface area contributed by atoms with Crippen molar-refractivity contribution in [2.24, 2.45) is 0 Å². The lowest BCUT2D eigenvalue weighted by Gasteiger charge is -2.03. The van der Waals surface area contributed by atoms with E-state index in [1.165, 1.54) is 6.20 Å². The highest BCUT2D eigenvalue weighted by Gasteiger charge is 2.38. The Balaban J connectivity index is 2.61. The lowest BCUT2D eigenvalue weighted by Crippen LogP contribution is -2.09. The highest BCUT2D eigenvalue weighted by molar-refractivity contribution is 5.49. The number of halogens is 3. The third kappa shape index (κ3) is 2.03. The first-order valence-corrected chi connectivity index (χ1v) is 5.31. The highest BCUT2D eigenvalue weighted by atomic mass is 19.4. The van der Waals surface area contributed by atoms with Crippen LogP contribution in [0.4, 0.5) is 19.0 Å². The van der Waals surface area contributed by atoms with Crippen LogP contribution in [0.2, 0.25) is 0 Å². The minimum Gasteiger partial charge on any atom is -0.383 e. The summed E-state index contributed by atoms with van der Waals surface area (Å²) in [6.07, 6.45) is -2.89. The smallest absolute Gasteiger partial charge is 0.383 e. The standard InChI is InChI=1S/C11H11F3N4/c1-2-7-9(11(12,13)14)17-18(10(7)15)8-5-3-4-6-16-8/h3-6H,2,15H2,1H3. The monoisotopic (exact) mass is 256 g/mol. The summed E-state index contributed by atoms with van der Waals surface area (Å²) >= 11 is 0. The van der Waals surface area contributed by atoms with Gasteiger partial charge < -0.3 is 5.73 Å². The van der Waals surface area contributed by atoms with E-state index in [1.807, 2.05) is 0 Å². The molecule has 0 radical (unpaired) electrons. The van der Waals surface area contributed by atoms with Crippen molar-refractivity contribution in [3.8, 4) is 5.82 Å². The van der Waals surface area contributed by atoms with Crippen LogP contribution in [0.3, 0.4) is 0 Å². The van der Waals surface area contributed by atoms with Gasteiger partial charge in [-0.05, 0) is 18.6 Å². The maximum absolute atomic E-state index is 12.8. The maximum atomic E-state index is 12.8. The first-order valence-electron chi connectivity index (χ1n) is 5.31. The van der Waals surface area contributed by atoms with E-state index in [4.69, 9.17) is 5.73 Å². The second-order valence-electron chi connectivity index (χ2n) is 3.66. The Bertz CT molecular complexity index is 545. The van der Waals surface area contributed by atoms with Crippen LogP contribution in [0.5, 0.6) is 0 Å². The summed E-state index contributed by atoms with van der Waals surface area (Å²) in [6.45, 7) is 1.60. The Labute approximate surface area is 101 Å². The molecular weight excluding hydrogens is 245 g/mol. The van der Waals surface area contributed by atoms with Gasteiger partial charge in [0.25, 0.3) is 0 Å². The van der Waals surface area contributed by atoms with Crippen molar-refractivity contribution < 1.29 is 13.2 Å². The molecule has 2 aromatic heterocycles. The average molecular weight is 256 g/mol. The van der Waals surface area contributed by atoms with Crippen molar-refractivity contribution in [3.63, 3.8) is 0 Å². The Morgan fingerprint density at radius 2 is 2.06 bits per heavy atom. The second kappa shape index (κ2) is 4.32. The summed E-state index contributed by atoms with van der Waals surface area (Å²) in [5.74, 6) is 0.240. The van der Waals surface area contributed by atoms with E-state index < -0.39 is 11.9 Å². The van der Waals surface area contributed by atoms with E-state index in [-0.39, 0.29) is 23.6 Å². The third-order valence-electron chi connectivity index (χ3n) is 2.51. The molecule has 0 amide bonds. The fourth-order valence-corrected chi connectivity index (χ4v) is 1.69. The summed E-state index contributed by atoms with van der Waals surface area (Å²) in [5, 5.41) is 3.53. The molecule has 0 aliphatic carbocycles. The zero-order valence-electron chi connectivity index (χ0n) is 9.57. The molecule has 7 heteroatoms. The molecule has 2 rings (SSSR count). The van der Waals surface area contributed by atoms with Crippen LogP contribution in [-0.2, 0) is 12.6 Å². The summed E-state index contributed by atoms with van der Waals surface area (Å²) in [4.78, 5) is 3.93. The molecule has 0 saturated heterocycles. The maximum Gasteiger partial charge on any atom is 0.435 e. The molecule has 0 aliphatic rings. The molecule has 0 atom stereocenters. The number of alkyl halides is 3. The molecule has 2 heterocycles. The minimum atomic E-state index is -4.51. The fourth-order valence-electron chi connectivity index (χ4n) is 1.69. The molecule has 0 aliphatic heterocycles. The quantitative estimate of drug-likeness (QED) is 0.897. The van der Waals surface area contributed by atoms with E-state index in [0.717, 1.165) is 4.68 Å². The predicted octanol–water partition coefficient (Wildman–Crippen LogP) is 2.43. The fraction of sp³-hybridized carbons (Fsp3) is 0.273. The molecule has 18 heavy (non-hydrogen) atoms. The summed E-state index contributed by atoms with van der Waals surface area (Å²) in [6, 6.07) is 4.86. The Morgan fingerprint density at radius 1 is 1.33 bits per heavy atom. The number of hydrogen-bond acceptors (Lipinski definition) is 3. The van der Waals surface area contributed by atoms with Gasteiger partial charge in [-0.1, -0.05) is 13.0 Å². The second-order valence-corrected chi connectivity index (χ2v) is 3.66. The van der Waals surface area contributed by atoms with E-state index in [1.54, 1.807) is 25.1 Å². The molecule has 4 nitrogen and oxygen atoms in total. The van der Waals surface area contributed by atoms with Gasteiger partial charge in [0.15, 0.2) is 11.5 Å². The number of hydrogen-bond donors (Lipinski definition) is 1. The van der Waals surface area contributed by atoms with Gasteiger partial charge in [-0.3, -0.25) is 0 Å². The zero-order valence-corrected chi connectivity index (χ0v) is 9.57. The number of nitrogens with two attached hydrogens (primary N) is 1. The molecule has 0 spiro atoms. The molecule has 0 fully saturated rings. The normalized spacial score (nSPS) is 11.8. The minimum absolute atomic E-state index is 0.00634. The van der Waals surface area contributed by atoms with E-state index in [2.05, 4.69) is 10.1 Å². The van der Waals surface area contributed by atoms with Crippen molar-refractivity contribution in [1.29, 1.82) is 0 Å². The molecule has 0 unspecified atom stereocenters. The summed E-state index contributed by atoms with van der Waals surface area (Å²) in [7, 11) is 0. The van der Waals surface area contributed by atoms with Gasteiger partial charge in [-0.2, -0.15) is 23.0 Å². The van der Waals surface area contributed by atoms with Crippen molar-refractivity contribution >= 4 is 5.82 Å². The van der Waals surface area contributed by atoms with Crippen molar-refractivity contribution in [3.05, 3.63) is 35.7 Å². The van der Waals surface area contributed by atoms with Crippen LogP contribution in [0.15, 0.2) is 24.4 Å². The van der Waals surface area contributed by atoms with E-state index in [0.29, 0.717) is 0 Å². The van der Waals surface area contributed by atoms with Crippen LogP contribution in [0, 0.1) is 0 Å². The first-order chi connectivity index (χ1) is 8.45. The Morgan fingerprint density at radius 3 is 2.50 bits per heavy atom. The molecular formula is C11H11F3N4. The molecule has 0 bridgehead atoms. The van der Waals surface area contributed by atoms with Crippen LogP contribution in [-0.4, -0.2) is 14.8 Å². The molecule has 0 saturated carbocycles. The van der Waals surface area contributed by atoms with E-state index >= 15 is 0 Å². The lowest BCUT2D eigenvalue weighted by atomic mass is 10.2. The number of anilines is 1. The Hall–Kier alpha value is -2.05. The largest absolute Gasteiger partial charge is 0.435 e. The van der Waals surface area contributed by atoms with Crippen molar-refractivity contribution in [2.45, 2.75) is 19.5 Å². The topological polar surface area (TPSA) is 56.7 Å². The van der Waals surface area contributed by atoms with Crippen LogP contribution >= 0.6 is 0 Å². The summed E-state index contributed by atoms with van der Waals surface area (Å²) in [5.41, 5.74) is 4.75. The van der Waals surface area contributed by atoms with Crippen molar-refractivity contribution in [1.82, 2.24) is 14.8 Å². The predicted molar refractivity (Wildman–Crippen MR) is 60.2 cm³/mol.